The van der Waals surface area contributed by atoms with Gasteiger partial charge in [-0.15, -0.1) is 0 Å². The zero-order valence-electron chi connectivity index (χ0n) is 6.77. The van der Waals surface area contributed by atoms with Crippen molar-refractivity contribution in [2.75, 3.05) is 15.4 Å². The van der Waals surface area contributed by atoms with E-state index in [9.17, 15) is 8.42 Å². The van der Waals surface area contributed by atoms with Gasteiger partial charge in [-0.1, -0.05) is 12.1 Å². The molecule has 1 aromatic carbocycles. The Balaban J connectivity index is 2.68. The number of halogens is 1. The molecule has 13 heavy (non-hydrogen) atoms. The molecule has 70 valence electrons. The summed E-state index contributed by atoms with van der Waals surface area (Å²) in [6.07, 6.45) is 0. The summed E-state index contributed by atoms with van der Waals surface area (Å²) >= 11 is 2.13. The van der Waals surface area contributed by atoms with E-state index in [2.05, 4.69) is 22.9 Å². The normalized spacial score (nSPS) is 19.6. The van der Waals surface area contributed by atoms with E-state index >= 15 is 0 Å². The summed E-state index contributed by atoms with van der Waals surface area (Å²) in [5.74, 6) is 0.215. The molecular weight excluding hydrogens is 301 g/mol. The van der Waals surface area contributed by atoms with Gasteiger partial charge < -0.3 is 3.11 Å². The van der Waals surface area contributed by atoms with Crippen LogP contribution in [0.1, 0.15) is 0 Å². The smallest absolute Gasteiger partial charge is 0.182 e. The first-order valence-corrected chi connectivity index (χ1v) is 6.48. The van der Waals surface area contributed by atoms with Crippen molar-refractivity contribution < 1.29 is 8.42 Å². The van der Waals surface area contributed by atoms with Crippen molar-refractivity contribution in [2.45, 2.75) is 4.90 Å². The molecule has 0 amide bonds. The molecule has 1 aromatic rings. The first kappa shape index (κ1) is 9.26. The number of nitrogens with zero attached hydrogens (tertiary/aromatic N) is 1. The molecule has 2 rings (SSSR count). The van der Waals surface area contributed by atoms with Gasteiger partial charge in [0.1, 0.15) is 0 Å². The number of fused-ring (bicyclic) bond motifs is 1. The van der Waals surface area contributed by atoms with Crippen LogP contribution < -0.4 is 3.11 Å². The third kappa shape index (κ3) is 1.54. The predicted molar refractivity (Wildman–Crippen MR) is 59.9 cm³/mol. The lowest BCUT2D eigenvalue weighted by molar-refractivity contribution is 0.594. The third-order valence-electron chi connectivity index (χ3n) is 2.02. The standard InChI is InChI=1S/C8H8INO2S/c9-10-5-6-13(11,12)8-4-2-1-3-7(8)10/h1-4H,5-6H2. The fraction of sp³-hybridized carbons (Fsp3) is 0.250. The largest absolute Gasteiger partial charge is 0.312 e. The molecule has 1 aliphatic rings. The van der Waals surface area contributed by atoms with Crippen molar-refractivity contribution >= 4 is 38.4 Å². The van der Waals surface area contributed by atoms with Crippen LogP contribution in [-0.2, 0) is 9.84 Å². The molecule has 5 heteroatoms. The molecule has 0 N–H and O–H groups in total. The Bertz CT molecular complexity index is 430. The van der Waals surface area contributed by atoms with Crippen LogP contribution in [0.5, 0.6) is 0 Å². The van der Waals surface area contributed by atoms with Crippen LogP contribution in [-0.4, -0.2) is 20.7 Å². The summed E-state index contributed by atoms with van der Waals surface area (Å²) in [7, 11) is -3.02. The molecule has 0 spiro atoms. The first-order valence-electron chi connectivity index (χ1n) is 3.86. The lowest BCUT2D eigenvalue weighted by Crippen LogP contribution is -2.27. The zero-order valence-corrected chi connectivity index (χ0v) is 9.75. The first-order chi connectivity index (χ1) is 6.11. The second-order valence-electron chi connectivity index (χ2n) is 2.87. The highest BCUT2D eigenvalue weighted by atomic mass is 127. The molecule has 0 saturated carbocycles. The van der Waals surface area contributed by atoms with Crippen molar-refractivity contribution in [3.8, 4) is 0 Å². The number of sulfone groups is 1. The summed E-state index contributed by atoms with van der Waals surface area (Å²) in [5.41, 5.74) is 0.800. The summed E-state index contributed by atoms with van der Waals surface area (Å²) in [6, 6.07) is 7.10. The number of para-hydroxylation sites is 1. The molecule has 0 radical (unpaired) electrons. The Morgan fingerprint density at radius 2 is 2.00 bits per heavy atom. The minimum absolute atomic E-state index is 0.215. The fourth-order valence-corrected chi connectivity index (χ4v) is 3.93. The molecule has 0 bridgehead atoms. The SMILES string of the molecule is O=S1(=O)CCN(I)c2ccccc21. The van der Waals surface area contributed by atoms with Crippen molar-refractivity contribution in [1.29, 1.82) is 0 Å². The Morgan fingerprint density at radius 1 is 1.31 bits per heavy atom. The quantitative estimate of drug-likeness (QED) is 0.540. The molecule has 0 unspecified atom stereocenters. The summed E-state index contributed by atoms with van der Waals surface area (Å²) < 4.78 is 25.1. The highest BCUT2D eigenvalue weighted by molar-refractivity contribution is 14.1. The summed E-state index contributed by atoms with van der Waals surface area (Å²) in [5, 5.41) is 0. The number of rotatable bonds is 0. The van der Waals surface area contributed by atoms with E-state index < -0.39 is 9.84 Å². The molecule has 3 nitrogen and oxygen atoms in total. The Labute approximate surface area is 91.2 Å². The van der Waals surface area contributed by atoms with Crippen LogP contribution in [0, 0.1) is 0 Å². The van der Waals surface area contributed by atoms with Gasteiger partial charge in [0, 0.05) is 6.54 Å². The van der Waals surface area contributed by atoms with Crippen molar-refractivity contribution in [3.63, 3.8) is 0 Å². The molecular formula is C8H8INO2S. The van der Waals surface area contributed by atoms with Gasteiger partial charge in [0.15, 0.2) is 9.84 Å². The zero-order chi connectivity index (χ0) is 9.47. The number of anilines is 1. The molecule has 0 atom stereocenters. The van der Waals surface area contributed by atoms with Crippen LogP contribution in [0.3, 0.4) is 0 Å². The molecule has 1 heterocycles. The van der Waals surface area contributed by atoms with Crippen molar-refractivity contribution in [3.05, 3.63) is 24.3 Å². The Morgan fingerprint density at radius 3 is 2.69 bits per heavy atom. The van der Waals surface area contributed by atoms with E-state index in [0.29, 0.717) is 11.4 Å². The van der Waals surface area contributed by atoms with Gasteiger partial charge in [0.05, 0.1) is 39.2 Å². The second kappa shape index (κ2) is 3.13. The topological polar surface area (TPSA) is 37.4 Å². The molecule has 0 fully saturated rings. The van der Waals surface area contributed by atoms with E-state index in [1.165, 1.54) is 0 Å². The molecule has 0 aliphatic carbocycles. The Kier molecular flexibility index (Phi) is 2.23. The van der Waals surface area contributed by atoms with Crippen LogP contribution in [0.15, 0.2) is 29.2 Å². The third-order valence-corrected chi connectivity index (χ3v) is 4.76. The van der Waals surface area contributed by atoms with E-state index in [4.69, 9.17) is 0 Å². The van der Waals surface area contributed by atoms with Gasteiger partial charge in [-0.05, 0) is 12.1 Å². The maximum atomic E-state index is 11.6. The van der Waals surface area contributed by atoms with Gasteiger partial charge in [-0.2, -0.15) is 0 Å². The minimum atomic E-state index is -3.02. The van der Waals surface area contributed by atoms with Gasteiger partial charge in [0.25, 0.3) is 0 Å². The maximum absolute atomic E-state index is 11.6. The second-order valence-corrected chi connectivity index (χ2v) is 6.11. The highest BCUT2D eigenvalue weighted by Crippen LogP contribution is 2.31. The lowest BCUT2D eigenvalue weighted by atomic mass is 10.3. The van der Waals surface area contributed by atoms with Crippen LogP contribution in [0.2, 0.25) is 0 Å². The monoisotopic (exact) mass is 309 g/mol. The van der Waals surface area contributed by atoms with E-state index in [1.807, 2.05) is 15.2 Å². The number of hydrogen-bond acceptors (Lipinski definition) is 3. The van der Waals surface area contributed by atoms with Gasteiger partial charge in [-0.3, -0.25) is 0 Å². The van der Waals surface area contributed by atoms with Crippen LogP contribution >= 0.6 is 22.9 Å². The van der Waals surface area contributed by atoms with Gasteiger partial charge in [0.2, 0.25) is 0 Å². The average molecular weight is 309 g/mol. The van der Waals surface area contributed by atoms with Crippen LogP contribution in [0.4, 0.5) is 5.69 Å². The average Bonchev–Trinajstić information content (AvgIpc) is 2.13. The number of benzene rings is 1. The summed E-state index contributed by atoms with van der Waals surface area (Å²) in [4.78, 5) is 0.454. The van der Waals surface area contributed by atoms with Crippen molar-refractivity contribution in [2.24, 2.45) is 0 Å². The number of hydrogen-bond donors (Lipinski definition) is 0. The van der Waals surface area contributed by atoms with Gasteiger partial charge in [-0.25, -0.2) is 8.42 Å². The molecule has 1 aliphatic heterocycles. The van der Waals surface area contributed by atoms with Crippen molar-refractivity contribution in [1.82, 2.24) is 0 Å². The highest BCUT2D eigenvalue weighted by Gasteiger charge is 2.26. The molecule has 0 aromatic heterocycles. The Hall–Kier alpha value is -0.300. The van der Waals surface area contributed by atoms with E-state index in [0.717, 1.165) is 5.69 Å². The van der Waals surface area contributed by atoms with E-state index in [-0.39, 0.29) is 5.75 Å². The lowest BCUT2D eigenvalue weighted by Gasteiger charge is -2.24. The fourth-order valence-electron chi connectivity index (χ4n) is 1.35. The summed E-state index contributed by atoms with van der Waals surface area (Å²) in [6.45, 7) is 0.569. The van der Waals surface area contributed by atoms with E-state index in [1.54, 1.807) is 12.1 Å². The van der Waals surface area contributed by atoms with Crippen LogP contribution in [0.25, 0.3) is 0 Å². The van der Waals surface area contributed by atoms with Gasteiger partial charge >= 0.3 is 0 Å². The minimum Gasteiger partial charge on any atom is -0.312 e. The maximum Gasteiger partial charge on any atom is 0.182 e. The predicted octanol–water partition coefficient (Wildman–Crippen LogP) is 1.63. The molecule has 0 saturated heterocycles.